The van der Waals surface area contributed by atoms with E-state index in [2.05, 4.69) is 22.4 Å². The van der Waals surface area contributed by atoms with Crippen LogP contribution in [0.15, 0.2) is 36.5 Å². The summed E-state index contributed by atoms with van der Waals surface area (Å²) in [5, 5.41) is 12.4. The van der Waals surface area contributed by atoms with Gasteiger partial charge >= 0.3 is 0 Å². The largest absolute Gasteiger partial charge is 0.435 e. The van der Waals surface area contributed by atoms with E-state index in [1.54, 1.807) is 18.3 Å². The molecule has 0 amide bonds. The first kappa shape index (κ1) is 11.5. The molecule has 0 spiro atoms. The van der Waals surface area contributed by atoms with Crippen molar-refractivity contribution in [1.82, 2.24) is 4.98 Å². The lowest BCUT2D eigenvalue weighted by Gasteiger charge is -2.20. The molecule has 1 aromatic carbocycles. The first-order valence-electron chi connectivity index (χ1n) is 6.27. The number of nitriles is 1. The summed E-state index contributed by atoms with van der Waals surface area (Å²) >= 11 is 0. The summed E-state index contributed by atoms with van der Waals surface area (Å²) in [5.74, 6) is 1.08. The zero-order chi connectivity index (χ0) is 13.1. The van der Waals surface area contributed by atoms with Gasteiger partial charge in [-0.2, -0.15) is 5.26 Å². The number of ether oxygens (including phenoxy) is 1. The SMILES string of the molecule is N#Cc1cccnc1Oc1cccc2c1NCCC2. The maximum absolute atomic E-state index is 9.05. The van der Waals surface area contributed by atoms with Gasteiger partial charge in [0.2, 0.25) is 5.88 Å². The van der Waals surface area contributed by atoms with Gasteiger partial charge in [-0.3, -0.25) is 0 Å². The third-order valence-corrected chi connectivity index (χ3v) is 3.14. The van der Waals surface area contributed by atoms with E-state index in [1.807, 2.05) is 12.1 Å². The van der Waals surface area contributed by atoms with Gasteiger partial charge in [-0.05, 0) is 36.6 Å². The third kappa shape index (κ3) is 2.23. The Morgan fingerprint density at radius 2 is 2.21 bits per heavy atom. The Hall–Kier alpha value is -2.54. The van der Waals surface area contributed by atoms with Crippen LogP contribution in [-0.4, -0.2) is 11.5 Å². The monoisotopic (exact) mass is 251 g/mol. The first-order chi connectivity index (χ1) is 9.38. The minimum absolute atomic E-state index is 0.353. The first-order valence-corrected chi connectivity index (χ1v) is 6.27. The molecule has 1 aliphatic heterocycles. The molecule has 2 aromatic rings. The molecule has 0 atom stereocenters. The maximum Gasteiger partial charge on any atom is 0.237 e. The molecular formula is C15H13N3O. The predicted molar refractivity (Wildman–Crippen MR) is 72.3 cm³/mol. The average Bonchev–Trinajstić information content (AvgIpc) is 2.48. The number of para-hydroxylation sites is 1. The van der Waals surface area contributed by atoms with Crippen molar-refractivity contribution >= 4 is 5.69 Å². The van der Waals surface area contributed by atoms with Crippen LogP contribution in [0.1, 0.15) is 17.5 Å². The van der Waals surface area contributed by atoms with Gasteiger partial charge in [0.1, 0.15) is 11.6 Å². The number of aryl methyl sites for hydroxylation is 1. The fraction of sp³-hybridized carbons (Fsp3) is 0.200. The molecule has 0 unspecified atom stereocenters. The number of pyridine rings is 1. The Bertz CT molecular complexity index is 646. The molecule has 1 aliphatic rings. The standard InChI is InChI=1S/C15H13N3O/c16-10-12-6-3-9-18-15(12)19-13-7-1-4-11-5-2-8-17-14(11)13/h1,3-4,6-7,9,17H,2,5,8H2. The van der Waals surface area contributed by atoms with Crippen LogP contribution in [0.5, 0.6) is 11.6 Å². The third-order valence-electron chi connectivity index (χ3n) is 3.14. The number of nitrogens with zero attached hydrogens (tertiary/aromatic N) is 2. The Balaban J connectivity index is 1.98. The molecular weight excluding hydrogens is 238 g/mol. The second-order valence-corrected chi connectivity index (χ2v) is 4.39. The highest BCUT2D eigenvalue weighted by Crippen LogP contribution is 2.35. The predicted octanol–water partition coefficient (Wildman–Crippen LogP) is 3.10. The molecule has 0 bridgehead atoms. The normalized spacial score (nSPS) is 13.0. The highest BCUT2D eigenvalue weighted by Gasteiger charge is 2.15. The van der Waals surface area contributed by atoms with Crippen LogP contribution < -0.4 is 10.1 Å². The van der Waals surface area contributed by atoms with Gasteiger partial charge in [0.15, 0.2) is 5.75 Å². The number of rotatable bonds is 2. The molecule has 0 saturated carbocycles. The number of aromatic nitrogens is 1. The smallest absolute Gasteiger partial charge is 0.237 e. The summed E-state index contributed by atoms with van der Waals surface area (Å²) in [7, 11) is 0. The molecule has 94 valence electrons. The van der Waals surface area contributed by atoms with Crippen LogP contribution >= 0.6 is 0 Å². The van der Waals surface area contributed by atoms with Crippen molar-refractivity contribution in [2.75, 3.05) is 11.9 Å². The minimum atomic E-state index is 0.353. The quantitative estimate of drug-likeness (QED) is 0.891. The van der Waals surface area contributed by atoms with E-state index in [0.717, 1.165) is 30.8 Å². The van der Waals surface area contributed by atoms with Gasteiger partial charge in [0.05, 0.1) is 5.69 Å². The Kier molecular flexibility index (Phi) is 3.03. The van der Waals surface area contributed by atoms with Crippen LogP contribution in [0, 0.1) is 11.3 Å². The van der Waals surface area contributed by atoms with E-state index in [9.17, 15) is 0 Å². The number of hydrogen-bond donors (Lipinski definition) is 1. The van der Waals surface area contributed by atoms with Crippen molar-refractivity contribution in [3.63, 3.8) is 0 Å². The van der Waals surface area contributed by atoms with E-state index in [1.165, 1.54) is 5.56 Å². The van der Waals surface area contributed by atoms with E-state index in [-0.39, 0.29) is 0 Å². The lowest BCUT2D eigenvalue weighted by molar-refractivity contribution is 0.461. The minimum Gasteiger partial charge on any atom is -0.435 e. The highest BCUT2D eigenvalue weighted by atomic mass is 16.5. The van der Waals surface area contributed by atoms with Crippen LogP contribution in [0.25, 0.3) is 0 Å². The summed E-state index contributed by atoms with van der Waals surface area (Å²) in [6.07, 6.45) is 3.80. The van der Waals surface area contributed by atoms with Crippen molar-refractivity contribution in [3.05, 3.63) is 47.7 Å². The number of benzene rings is 1. The molecule has 0 aliphatic carbocycles. The van der Waals surface area contributed by atoms with Gasteiger partial charge in [-0.15, -0.1) is 0 Å². The number of anilines is 1. The van der Waals surface area contributed by atoms with E-state index < -0.39 is 0 Å². The van der Waals surface area contributed by atoms with Gasteiger partial charge in [0, 0.05) is 12.7 Å². The van der Waals surface area contributed by atoms with Crippen LogP contribution in [0.2, 0.25) is 0 Å². The summed E-state index contributed by atoms with van der Waals surface area (Å²) in [6, 6.07) is 11.5. The van der Waals surface area contributed by atoms with E-state index >= 15 is 0 Å². The Morgan fingerprint density at radius 1 is 1.26 bits per heavy atom. The van der Waals surface area contributed by atoms with E-state index in [0.29, 0.717) is 11.4 Å². The van der Waals surface area contributed by atoms with E-state index in [4.69, 9.17) is 10.00 Å². The molecule has 0 fully saturated rings. The number of nitrogens with one attached hydrogen (secondary N) is 1. The van der Waals surface area contributed by atoms with Gasteiger partial charge in [-0.1, -0.05) is 12.1 Å². The van der Waals surface area contributed by atoms with Gasteiger partial charge in [0.25, 0.3) is 0 Å². The number of hydrogen-bond acceptors (Lipinski definition) is 4. The lowest BCUT2D eigenvalue weighted by atomic mass is 10.0. The average molecular weight is 251 g/mol. The topological polar surface area (TPSA) is 57.9 Å². The molecule has 4 nitrogen and oxygen atoms in total. The molecule has 1 N–H and O–H groups in total. The van der Waals surface area contributed by atoms with Crippen LogP contribution in [-0.2, 0) is 6.42 Å². The fourth-order valence-electron chi connectivity index (χ4n) is 2.22. The Morgan fingerprint density at radius 3 is 3.11 bits per heavy atom. The zero-order valence-electron chi connectivity index (χ0n) is 10.4. The number of fused-ring (bicyclic) bond motifs is 1. The summed E-state index contributed by atoms with van der Waals surface area (Å²) < 4.78 is 5.80. The molecule has 0 saturated heterocycles. The Labute approximate surface area is 111 Å². The van der Waals surface area contributed by atoms with Gasteiger partial charge < -0.3 is 10.1 Å². The summed E-state index contributed by atoms with van der Waals surface area (Å²) in [5.41, 5.74) is 2.71. The molecule has 2 heterocycles. The molecule has 4 heteroatoms. The molecule has 0 radical (unpaired) electrons. The van der Waals surface area contributed by atoms with Crippen molar-refractivity contribution in [2.45, 2.75) is 12.8 Å². The van der Waals surface area contributed by atoms with Crippen molar-refractivity contribution in [3.8, 4) is 17.7 Å². The lowest BCUT2D eigenvalue weighted by Crippen LogP contribution is -2.12. The van der Waals surface area contributed by atoms with Crippen molar-refractivity contribution < 1.29 is 4.74 Å². The highest BCUT2D eigenvalue weighted by molar-refractivity contribution is 5.64. The summed E-state index contributed by atoms with van der Waals surface area (Å²) in [6.45, 7) is 0.945. The fourth-order valence-corrected chi connectivity index (χ4v) is 2.22. The molecule has 19 heavy (non-hydrogen) atoms. The second kappa shape index (κ2) is 4.99. The second-order valence-electron chi connectivity index (χ2n) is 4.39. The van der Waals surface area contributed by atoms with Gasteiger partial charge in [-0.25, -0.2) is 4.98 Å². The molecule has 1 aromatic heterocycles. The van der Waals surface area contributed by atoms with Crippen molar-refractivity contribution in [1.29, 1.82) is 5.26 Å². The maximum atomic E-state index is 9.05. The van der Waals surface area contributed by atoms with Crippen molar-refractivity contribution in [2.24, 2.45) is 0 Å². The zero-order valence-corrected chi connectivity index (χ0v) is 10.4. The van der Waals surface area contributed by atoms with Crippen LogP contribution in [0.3, 0.4) is 0 Å². The summed E-state index contributed by atoms with van der Waals surface area (Å²) in [4.78, 5) is 4.12. The van der Waals surface area contributed by atoms with Crippen LogP contribution in [0.4, 0.5) is 5.69 Å². The molecule has 3 rings (SSSR count).